The van der Waals surface area contributed by atoms with Crippen molar-refractivity contribution in [2.75, 3.05) is 0 Å². The minimum Gasteiger partial charge on any atom is -0.346 e. The fourth-order valence-corrected chi connectivity index (χ4v) is 2.72. The van der Waals surface area contributed by atoms with Crippen LogP contribution in [0.25, 0.3) is 6.08 Å². The first-order valence-corrected chi connectivity index (χ1v) is 8.26. The number of nitrogens with zero attached hydrogens (tertiary/aromatic N) is 1. The van der Waals surface area contributed by atoms with Gasteiger partial charge in [0.15, 0.2) is 0 Å². The average molecular weight is 312 g/mol. The van der Waals surface area contributed by atoms with Crippen molar-refractivity contribution < 1.29 is 4.79 Å². The van der Waals surface area contributed by atoms with Gasteiger partial charge in [-0.05, 0) is 35.6 Å². The van der Waals surface area contributed by atoms with Crippen molar-refractivity contribution in [3.05, 3.63) is 70.7 Å². The average Bonchev–Trinajstić information content (AvgIpc) is 3.05. The molecule has 1 unspecified atom stereocenters. The molecular weight excluding hydrogens is 292 g/mol. The molecule has 0 saturated carbocycles. The number of allylic oxidation sites excluding steroid dienone is 2. The molecule has 0 aliphatic rings. The molecular formula is C18H20N2OS. The van der Waals surface area contributed by atoms with Crippen LogP contribution in [-0.2, 0) is 4.79 Å². The van der Waals surface area contributed by atoms with Crippen molar-refractivity contribution in [3.63, 3.8) is 0 Å². The second-order valence-electron chi connectivity index (χ2n) is 4.87. The molecule has 3 nitrogen and oxygen atoms in total. The highest BCUT2D eigenvalue weighted by atomic mass is 32.1. The van der Waals surface area contributed by atoms with Gasteiger partial charge in [0, 0.05) is 23.3 Å². The quantitative estimate of drug-likeness (QED) is 0.609. The van der Waals surface area contributed by atoms with Crippen LogP contribution in [-0.4, -0.2) is 10.9 Å². The molecule has 1 N–H and O–H groups in total. The lowest BCUT2D eigenvalue weighted by molar-refractivity contribution is -0.117. The SMILES string of the molecule is CCCC(NC(=O)C=CC=Cc1cccs1)c1cccnc1. The van der Waals surface area contributed by atoms with E-state index in [1.54, 1.807) is 35.9 Å². The highest BCUT2D eigenvalue weighted by Gasteiger charge is 2.11. The zero-order valence-corrected chi connectivity index (χ0v) is 13.4. The van der Waals surface area contributed by atoms with E-state index in [4.69, 9.17) is 0 Å². The Balaban J connectivity index is 1.91. The van der Waals surface area contributed by atoms with Crippen LogP contribution in [0.3, 0.4) is 0 Å². The van der Waals surface area contributed by atoms with Crippen molar-refractivity contribution in [1.82, 2.24) is 10.3 Å². The van der Waals surface area contributed by atoms with E-state index < -0.39 is 0 Å². The van der Waals surface area contributed by atoms with Crippen LogP contribution in [0.2, 0.25) is 0 Å². The van der Waals surface area contributed by atoms with E-state index in [9.17, 15) is 4.79 Å². The van der Waals surface area contributed by atoms with Gasteiger partial charge in [0.2, 0.25) is 5.91 Å². The third kappa shape index (κ3) is 5.30. The van der Waals surface area contributed by atoms with E-state index in [0.29, 0.717) is 0 Å². The van der Waals surface area contributed by atoms with E-state index in [1.807, 2.05) is 41.8 Å². The number of carbonyl (C=O) groups is 1. The van der Waals surface area contributed by atoms with Gasteiger partial charge in [0.25, 0.3) is 0 Å². The molecule has 1 amide bonds. The van der Waals surface area contributed by atoms with Crippen molar-refractivity contribution in [2.24, 2.45) is 0 Å². The number of thiophene rings is 1. The van der Waals surface area contributed by atoms with E-state index >= 15 is 0 Å². The molecule has 0 spiro atoms. The Labute approximate surface area is 135 Å². The largest absolute Gasteiger partial charge is 0.346 e. The normalized spacial score (nSPS) is 12.8. The molecule has 2 heterocycles. The van der Waals surface area contributed by atoms with Gasteiger partial charge in [-0.15, -0.1) is 11.3 Å². The summed E-state index contributed by atoms with van der Waals surface area (Å²) in [5.74, 6) is -0.0851. The number of hydrogen-bond donors (Lipinski definition) is 1. The zero-order chi connectivity index (χ0) is 15.6. The smallest absolute Gasteiger partial charge is 0.244 e. The fraction of sp³-hybridized carbons (Fsp3) is 0.222. The molecule has 114 valence electrons. The summed E-state index contributed by atoms with van der Waals surface area (Å²) in [5.41, 5.74) is 1.04. The molecule has 4 heteroatoms. The molecule has 0 aliphatic heterocycles. The molecule has 2 rings (SSSR count). The van der Waals surface area contributed by atoms with Gasteiger partial charge in [-0.2, -0.15) is 0 Å². The number of amides is 1. The monoisotopic (exact) mass is 312 g/mol. The Morgan fingerprint density at radius 2 is 2.27 bits per heavy atom. The maximum absolute atomic E-state index is 12.0. The lowest BCUT2D eigenvalue weighted by atomic mass is 10.0. The maximum atomic E-state index is 12.0. The molecule has 0 aromatic carbocycles. The van der Waals surface area contributed by atoms with Crippen LogP contribution in [0.1, 0.15) is 36.2 Å². The van der Waals surface area contributed by atoms with Gasteiger partial charge >= 0.3 is 0 Å². The summed E-state index contributed by atoms with van der Waals surface area (Å²) in [6.45, 7) is 2.11. The third-order valence-corrected chi connectivity index (χ3v) is 3.98. The van der Waals surface area contributed by atoms with Gasteiger partial charge in [-0.3, -0.25) is 9.78 Å². The van der Waals surface area contributed by atoms with Crippen molar-refractivity contribution >= 4 is 23.3 Å². The fourth-order valence-electron chi connectivity index (χ4n) is 2.09. The summed E-state index contributed by atoms with van der Waals surface area (Å²) in [6, 6.07) is 7.94. The zero-order valence-electron chi connectivity index (χ0n) is 12.6. The summed E-state index contributed by atoms with van der Waals surface area (Å²) in [7, 11) is 0. The molecule has 0 radical (unpaired) electrons. The van der Waals surface area contributed by atoms with Crippen molar-refractivity contribution in [3.8, 4) is 0 Å². The topological polar surface area (TPSA) is 42.0 Å². The first-order chi connectivity index (χ1) is 10.8. The number of carbonyl (C=O) groups excluding carboxylic acids is 1. The summed E-state index contributed by atoms with van der Waals surface area (Å²) in [5, 5.41) is 5.06. The highest BCUT2D eigenvalue weighted by Crippen LogP contribution is 2.17. The van der Waals surface area contributed by atoms with Crippen LogP contribution in [0.4, 0.5) is 0 Å². The Kier molecular flexibility index (Phi) is 6.58. The van der Waals surface area contributed by atoms with Crippen LogP contribution in [0.15, 0.2) is 60.3 Å². The number of pyridine rings is 1. The summed E-state index contributed by atoms with van der Waals surface area (Å²) in [4.78, 5) is 17.3. The Bertz CT molecular complexity index is 618. The summed E-state index contributed by atoms with van der Waals surface area (Å²) in [6.07, 6.45) is 12.6. The minimum atomic E-state index is -0.0851. The Morgan fingerprint density at radius 3 is 2.95 bits per heavy atom. The van der Waals surface area contributed by atoms with Gasteiger partial charge in [-0.1, -0.05) is 37.6 Å². The molecule has 22 heavy (non-hydrogen) atoms. The van der Waals surface area contributed by atoms with Crippen molar-refractivity contribution in [2.45, 2.75) is 25.8 Å². The Hall–Kier alpha value is -2.20. The molecule has 2 aromatic rings. The second kappa shape index (κ2) is 8.95. The third-order valence-electron chi connectivity index (χ3n) is 3.14. The number of nitrogens with one attached hydrogen (secondary N) is 1. The van der Waals surface area contributed by atoms with Gasteiger partial charge in [0.1, 0.15) is 0 Å². The molecule has 0 aliphatic carbocycles. The first-order valence-electron chi connectivity index (χ1n) is 7.38. The number of hydrogen-bond acceptors (Lipinski definition) is 3. The summed E-state index contributed by atoms with van der Waals surface area (Å²) >= 11 is 1.67. The van der Waals surface area contributed by atoms with Gasteiger partial charge in [-0.25, -0.2) is 0 Å². The number of aromatic nitrogens is 1. The second-order valence-corrected chi connectivity index (χ2v) is 5.85. The van der Waals surface area contributed by atoms with Gasteiger partial charge in [0.05, 0.1) is 6.04 Å². The van der Waals surface area contributed by atoms with Gasteiger partial charge < -0.3 is 5.32 Å². The predicted octanol–water partition coefficient (Wildman–Crippen LogP) is 4.37. The van der Waals surface area contributed by atoms with E-state index in [-0.39, 0.29) is 11.9 Å². The van der Waals surface area contributed by atoms with Crippen LogP contribution >= 0.6 is 11.3 Å². The molecule has 0 bridgehead atoms. The molecule has 1 atom stereocenters. The molecule has 0 fully saturated rings. The lowest BCUT2D eigenvalue weighted by Gasteiger charge is -2.17. The van der Waals surface area contributed by atoms with E-state index in [2.05, 4.69) is 17.2 Å². The maximum Gasteiger partial charge on any atom is 0.244 e. The number of rotatable bonds is 7. The first kappa shape index (κ1) is 16.2. The highest BCUT2D eigenvalue weighted by molar-refractivity contribution is 7.10. The molecule has 0 saturated heterocycles. The van der Waals surface area contributed by atoms with Crippen LogP contribution in [0, 0.1) is 0 Å². The predicted molar refractivity (Wildman–Crippen MR) is 92.5 cm³/mol. The standard InChI is InChI=1S/C18H20N2OS/c1-2-7-17(15-8-5-12-19-14-15)20-18(21)11-4-3-9-16-10-6-13-22-16/h3-6,8-14,17H,2,7H2,1H3,(H,20,21). The lowest BCUT2D eigenvalue weighted by Crippen LogP contribution is -2.26. The van der Waals surface area contributed by atoms with Crippen LogP contribution < -0.4 is 5.32 Å². The molecule has 2 aromatic heterocycles. The van der Waals surface area contributed by atoms with E-state index in [0.717, 1.165) is 18.4 Å². The minimum absolute atomic E-state index is 0.0112. The summed E-state index contributed by atoms with van der Waals surface area (Å²) < 4.78 is 0. The van der Waals surface area contributed by atoms with Crippen molar-refractivity contribution in [1.29, 1.82) is 0 Å². The Morgan fingerprint density at radius 1 is 1.36 bits per heavy atom. The van der Waals surface area contributed by atoms with Crippen LogP contribution in [0.5, 0.6) is 0 Å². The van der Waals surface area contributed by atoms with E-state index in [1.165, 1.54) is 4.88 Å².